The normalized spacial score (nSPS) is 15.5. The number of nitrogens with zero attached hydrogens (tertiary/aromatic N) is 1. The van der Waals surface area contributed by atoms with Gasteiger partial charge in [0, 0.05) is 31.6 Å². The number of carbonyl (C=O) groups excluding carboxylic acids is 2. The van der Waals surface area contributed by atoms with Crippen molar-refractivity contribution < 1.29 is 22.7 Å². The molecule has 39 heavy (non-hydrogen) atoms. The van der Waals surface area contributed by atoms with Crippen LogP contribution in [0.1, 0.15) is 36.0 Å². The highest BCUT2D eigenvalue weighted by atomic mass is 35.5. The number of carbonyl (C=O) groups is 2. The van der Waals surface area contributed by atoms with Gasteiger partial charge in [-0.1, -0.05) is 35.3 Å². The highest BCUT2D eigenvalue weighted by Crippen LogP contribution is 2.31. The number of sulfonamides is 1. The summed E-state index contributed by atoms with van der Waals surface area (Å²) in [5, 5.41) is 3.37. The van der Waals surface area contributed by atoms with Crippen LogP contribution in [0.5, 0.6) is 11.5 Å². The molecule has 11 heteroatoms. The first-order valence-corrected chi connectivity index (χ1v) is 14.7. The van der Waals surface area contributed by atoms with E-state index in [1.54, 1.807) is 36.2 Å². The number of piperidine rings is 1. The number of halogens is 2. The number of hydrogen-bond acceptors (Lipinski definition) is 5. The number of rotatable bonds is 9. The molecule has 1 atom stereocenters. The maximum Gasteiger partial charge on any atom is 0.261 e. The topological polar surface area (TPSA) is 105 Å². The number of hydrogen-bond donors (Lipinski definition) is 2. The van der Waals surface area contributed by atoms with Gasteiger partial charge in [0.15, 0.2) is 0 Å². The lowest BCUT2D eigenvalue weighted by molar-refractivity contribution is -0.120. The maximum absolute atomic E-state index is 13.5. The second-order valence-corrected chi connectivity index (χ2v) is 11.8. The fourth-order valence-corrected chi connectivity index (χ4v) is 5.87. The molecule has 4 rings (SSSR count). The number of anilines is 1. The molecule has 0 radical (unpaired) electrons. The van der Waals surface area contributed by atoms with E-state index in [9.17, 15) is 18.0 Å². The summed E-state index contributed by atoms with van der Waals surface area (Å²) in [6.45, 7) is 1.03. The number of nitrogens with one attached hydrogen (secondary N) is 2. The molecule has 1 aliphatic heterocycles. The summed E-state index contributed by atoms with van der Waals surface area (Å²) < 4.78 is 34.7. The molecular weight excluding hydrogens is 561 g/mol. The van der Waals surface area contributed by atoms with Gasteiger partial charge in [0.05, 0.1) is 21.2 Å². The highest BCUT2D eigenvalue weighted by molar-refractivity contribution is 7.92. The lowest BCUT2D eigenvalue weighted by Gasteiger charge is -2.33. The van der Waals surface area contributed by atoms with Crippen molar-refractivity contribution in [3.05, 3.63) is 82.3 Å². The fourth-order valence-electron chi connectivity index (χ4n) is 4.44. The molecule has 0 spiro atoms. The zero-order chi connectivity index (χ0) is 28.0. The lowest BCUT2D eigenvalue weighted by atomic mass is 9.92. The van der Waals surface area contributed by atoms with Crippen molar-refractivity contribution in [2.24, 2.45) is 5.92 Å². The third kappa shape index (κ3) is 7.44. The van der Waals surface area contributed by atoms with E-state index >= 15 is 0 Å². The van der Waals surface area contributed by atoms with Crippen LogP contribution in [0.2, 0.25) is 10.0 Å². The number of ether oxygens (including phenoxy) is 1. The van der Waals surface area contributed by atoms with E-state index in [0.29, 0.717) is 47.5 Å². The molecular formula is C28H29Cl2N3O5S. The van der Waals surface area contributed by atoms with Crippen molar-refractivity contribution in [2.75, 3.05) is 24.9 Å². The van der Waals surface area contributed by atoms with Crippen molar-refractivity contribution in [1.29, 1.82) is 0 Å². The fraction of sp³-hybridized carbons (Fsp3) is 0.286. The molecule has 1 saturated heterocycles. The first-order valence-electron chi connectivity index (χ1n) is 12.5. The molecule has 0 saturated carbocycles. The molecule has 0 aliphatic carbocycles. The number of benzene rings is 3. The summed E-state index contributed by atoms with van der Waals surface area (Å²) in [4.78, 5) is 26.9. The Balaban J connectivity index is 1.49. The summed E-state index contributed by atoms with van der Waals surface area (Å²) in [6.07, 6.45) is 2.79. The second-order valence-electron chi connectivity index (χ2n) is 9.27. The van der Waals surface area contributed by atoms with Crippen LogP contribution in [0, 0.1) is 5.92 Å². The largest absolute Gasteiger partial charge is 0.456 e. The summed E-state index contributed by atoms with van der Waals surface area (Å²) in [5.74, 6) is 0.703. The minimum absolute atomic E-state index is 0.00500. The van der Waals surface area contributed by atoms with Gasteiger partial charge >= 0.3 is 0 Å². The standard InChI is InChI=1S/C28H29Cl2N3O5S/c1-31-27(34)15-8-19-5-4-16-33(18-19)28(35)23-17-20(29)9-14-25(23)32-39(36,37)22-12-10-21(11-13-22)38-26-7-3-2-6-24(26)30/h2-3,6-7,9-14,17,19,32H,4-5,8,15-16,18H2,1H3,(H,31,34)/t19-/m1/s1. The van der Waals surface area contributed by atoms with E-state index in [2.05, 4.69) is 10.0 Å². The minimum Gasteiger partial charge on any atom is -0.456 e. The van der Waals surface area contributed by atoms with Gasteiger partial charge in [0.1, 0.15) is 11.5 Å². The van der Waals surface area contributed by atoms with Crippen LogP contribution < -0.4 is 14.8 Å². The van der Waals surface area contributed by atoms with Crippen LogP contribution in [0.3, 0.4) is 0 Å². The van der Waals surface area contributed by atoms with Gasteiger partial charge in [-0.15, -0.1) is 0 Å². The molecule has 1 fully saturated rings. The zero-order valence-electron chi connectivity index (χ0n) is 21.3. The Hall–Kier alpha value is -3.27. The van der Waals surface area contributed by atoms with Crippen LogP contribution in [0.4, 0.5) is 5.69 Å². The van der Waals surface area contributed by atoms with E-state index in [1.807, 2.05) is 0 Å². The van der Waals surface area contributed by atoms with Gasteiger partial charge in [-0.05, 0) is 79.8 Å². The summed E-state index contributed by atoms with van der Waals surface area (Å²) in [7, 11) is -2.43. The molecule has 206 valence electrons. The van der Waals surface area contributed by atoms with E-state index in [4.69, 9.17) is 27.9 Å². The second kappa shape index (κ2) is 12.7. The van der Waals surface area contributed by atoms with Gasteiger partial charge < -0.3 is 15.0 Å². The Morgan fingerprint density at radius 3 is 2.51 bits per heavy atom. The van der Waals surface area contributed by atoms with E-state index in [0.717, 1.165) is 12.8 Å². The molecule has 1 heterocycles. The van der Waals surface area contributed by atoms with Gasteiger partial charge in [-0.2, -0.15) is 0 Å². The van der Waals surface area contributed by atoms with E-state index < -0.39 is 10.0 Å². The van der Waals surface area contributed by atoms with Gasteiger partial charge in [0.25, 0.3) is 15.9 Å². The Labute approximate surface area is 238 Å². The quantitative estimate of drug-likeness (QED) is 0.320. The average molecular weight is 591 g/mol. The summed E-state index contributed by atoms with van der Waals surface area (Å²) in [6, 6.07) is 17.3. The van der Waals surface area contributed by atoms with Crippen molar-refractivity contribution in [3.63, 3.8) is 0 Å². The lowest BCUT2D eigenvalue weighted by Crippen LogP contribution is -2.40. The van der Waals surface area contributed by atoms with E-state index in [-0.39, 0.29) is 33.9 Å². The van der Waals surface area contributed by atoms with Crippen molar-refractivity contribution in [1.82, 2.24) is 10.2 Å². The Morgan fingerprint density at radius 1 is 1.05 bits per heavy atom. The van der Waals surface area contributed by atoms with E-state index in [1.165, 1.54) is 42.5 Å². The smallest absolute Gasteiger partial charge is 0.261 e. The molecule has 3 aromatic rings. The summed E-state index contributed by atoms with van der Waals surface area (Å²) in [5.41, 5.74) is 0.296. The van der Waals surface area contributed by atoms with Crippen molar-refractivity contribution in [2.45, 2.75) is 30.6 Å². The predicted molar refractivity (Wildman–Crippen MR) is 152 cm³/mol. The van der Waals surface area contributed by atoms with Crippen LogP contribution in [-0.4, -0.2) is 45.3 Å². The molecule has 1 aliphatic rings. The Bertz CT molecular complexity index is 1450. The molecule has 2 N–H and O–H groups in total. The van der Waals surface area contributed by atoms with Gasteiger partial charge in [-0.25, -0.2) is 8.42 Å². The van der Waals surface area contributed by atoms with Crippen LogP contribution in [0.15, 0.2) is 71.6 Å². The van der Waals surface area contributed by atoms with Crippen molar-refractivity contribution in [3.8, 4) is 11.5 Å². The average Bonchev–Trinajstić information content (AvgIpc) is 2.94. The van der Waals surface area contributed by atoms with Crippen LogP contribution in [-0.2, 0) is 14.8 Å². The minimum atomic E-state index is -4.03. The number of amides is 2. The molecule has 0 unspecified atom stereocenters. The molecule has 0 aromatic heterocycles. The Morgan fingerprint density at radius 2 is 1.79 bits per heavy atom. The zero-order valence-corrected chi connectivity index (χ0v) is 23.7. The van der Waals surface area contributed by atoms with Crippen LogP contribution >= 0.6 is 23.2 Å². The third-order valence-electron chi connectivity index (χ3n) is 6.52. The summed E-state index contributed by atoms with van der Waals surface area (Å²) >= 11 is 12.3. The molecule has 0 bridgehead atoms. The third-order valence-corrected chi connectivity index (χ3v) is 8.45. The molecule has 8 nitrogen and oxygen atoms in total. The van der Waals surface area contributed by atoms with Crippen LogP contribution in [0.25, 0.3) is 0 Å². The van der Waals surface area contributed by atoms with Gasteiger partial charge in [-0.3, -0.25) is 14.3 Å². The number of para-hydroxylation sites is 1. The van der Waals surface area contributed by atoms with Gasteiger partial charge in [0.2, 0.25) is 5.91 Å². The van der Waals surface area contributed by atoms with Crippen molar-refractivity contribution >= 4 is 50.7 Å². The maximum atomic E-state index is 13.5. The first kappa shape index (κ1) is 28.7. The highest BCUT2D eigenvalue weighted by Gasteiger charge is 2.27. The predicted octanol–water partition coefficient (Wildman–Crippen LogP) is 5.96. The number of likely N-dealkylation sites (tertiary alicyclic amines) is 1. The monoisotopic (exact) mass is 589 g/mol. The molecule has 3 aromatic carbocycles. The molecule has 2 amide bonds. The first-order chi connectivity index (χ1) is 18.7. The SMILES string of the molecule is CNC(=O)CC[C@H]1CCCN(C(=O)c2cc(Cl)ccc2NS(=O)(=O)c2ccc(Oc3ccccc3Cl)cc2)C1. The Kier molecular flexibility index (Phi) is 9.37.